The minimum absolute atomic E-state index is 0.0592. The van der Waals surface area contributed by atoms with E-state index in [0.717, 1.165) is 122 Å². The Hall–Kier alpha value is -10.2. The number of aromatic nitrogens is 2. The summed E-state index contributed by atoms with van der Waals surface area (Å²) in [5.74, 6) is 0. The van der Waals surface area contributed by atoms with Crippen molar-refractivity contribution in [1.29, 1.82) is 10.5 Å². The van der Waals surface area contributed by atoms with Crippen molar-refractivity contribution in [2.75, 3.05) is 0 Å². The molecule has 13 aromatic rings. The van der Waals surface area contributed by atoms with Crippen LogP contribution in [0.25, 0.3) is 122 Å². The van der Waals surface area contributed by atoms with Gasteiger partial charge in [0.05, 0.1) is 62.3 Å². The van der Waals surface area contributed by atoms with Crippen molar-refractivity contribution in [3.05, 3.63) is 263 Å². The van der Waals surface area contributed by atoms with E-state index in [1.54, 1.807) is 6.07 Å². The van der Waals surface area contributed by atoms with Crippen LogP contribution in [-0.2, 0) is 6.18 Å². The molecule has 0 atom stereocenters. The summed E-state index contributed by atoms with van der Waals surface area (Å²) in [6.45, 7) is 8.45. The Morgan fingerprint density at radius 2 is 0.650 bits per heavy atom. The third-order valence-corrected chi connectivity index (χ3v) is 16.0. The predicted molar refractivity (Wildman–Crippen MR) is 321 cm³/mol. The summed E-state index contributed by atoms with van der Waals surface area (Å²) in [4.78, 5) is 0. The fourth-order valence-corrected chi connectivity index (χ4v) is 12.1. The van der Waals surface area contributed by atoms with E-state index in [2.05, 4.69) is 188 Å². The van der Waals surface area contributed by atoms with Crippen molar-refractivity contribution in [2.45, 2.75) is 33.9 Å². The quantitative estimate of drug-likeness (QED) is 0.152. The third-order valence-electron chi connectivity index (χ3n) is 16.0. The van der Waals surface area contributed by atoms with E-state index in [0.29, 0.717) is 27.9 Å². The smallest absolute Gasteiger partial charge is 0.309 e. The molecule has 13 rings (SSSR count). The van der Waals surface area contributed by atoms with Crippen molar-refractivity contribution in [3.8, 4) is 90.3 Å². The second-order valence-corrected chi connectivity index (χ2v) is 20.8. The van der Waals surface area contributed by atoms with Gasteiger partial charge in [0, 0.05) is 32.7 Å². The molecule has 0 amide bonds. The predicted octanol–water partition coefficient (Wildman–Crippen LogP) is 19.9. The molecule has 0 fully saturated rings. The number of fused-ring (bicyclic) bond motifs is 6. The molecule has 11 aromatic carbocycles. The molecular weight excluding hydrogens is 990 g/mol. The van der Waals surface area contributed by atoms with E-state index in [4.69, 9.17) is 0 Å². The Kier molecular flexibility index (Phi) is 11.9. The van der Waals surface area contributed by atoms with Gasteiger partial charge in [0.15, 0.2) is 0 Å². The van der Waals surface area contributed by atoms with Crippen LogP contribution in [0.3, 0.4) is 0 Å². The Bertz CT molecular complexity index is 4580. The first-order valence-corrected chi connectivity index (χ1v) is 26.6. The monoisotopic (exact) mass is 1040 g/mol. The molecule has 0 radical (unpaired) electrons. The molecule has 0 aliphatic rings. The SMILES string of the molecule is Cc1ccccc1-c1ccc2c(c1)c1cc(-c3ccccc3C)ccc1n2-c1ccc(C#N)cc1-c1ccc(-c2ccc(C#N)cc2C(F)(F)F)cc1-n1c2ccc(-c3ccccc3C)cc2c2cc(-c3ccccc3C)ccc21. The highest BCUT2D eigenvalue weighted by Crippen LogP contribution is 2.47. The zero-order valence-electron chi connectivity index (χ0n) is 44.3. The van der Waals surface area contributed by atoms with Gasteiger partial charge < -0.3 is 9.13 Å². The first kappa shape index (κ1) is 49.4. The Morgan fingerprint density at radius 3 is 1.04 bits per heavy atom. The third kappa shape index (κ3) is 8.31. The van der Waals surface area contributed by atoms with E-state index in [1.165, 1.54) is 12.1 Å². The number of nitrogens with zero attached hydrogens (tertiary/aromatic N) is 4. The second-order valence-electron chi connectivity index (χ2n) is 20.8. The minimum Gasteiger partial charge on any atom is -0.309 e. The highest BCUT2D eigenvalue weighted by molar-refractivity contribution is 6.14. The number of rotatable bonds is 8. The van der Waals surface area contributed by atoms with Crippen LogP contribution in [0.1, 0.15) is 38.9 Å². The number of hydrogen-bond acceptors (Lipinski definition) is 2. The molecule has 2 aromatic heterocycles. The molecule has 0 saturated heterocycles. The van der Waals surface area contributed by atoms with E-state index in [1.807, 2.05) is 60.7 Å². The first-order valence-electron chi connectivity index (χ1n) is 26.6. The molecule has 7 heteroatoms. The first-order chi connectivity index (χ1) is 38.9. The summed E-state index contributed by atoms with van der Waals surface area (Å²) in [6.07, 6.45) is -4.77. The molecule has 382 valence electrons. The highest BCUT2D eigenvalue weighted by Gasteiger charge is 2.35. The standard InChI is InChI=1S/C73H49F3N4/c1-44-13-5-9-17-55(44)50-24-31-68-62(37-50)63-38-51(56-18-10-6-14-45(56)2)25-32-69(63)79(68)67-30-22-48(42-77)35-61(67)60-29-23-54(59-28-21-49(43-78)36-66(59)73(74,75)76)41-72(60)80-70-33-26-52(57-19-11-7-15-46(57)3)39-64(70)65-40-53(27-34-71(65)80)58-20-12-8-16-47(58)4/h5-41H,1-4H3. The van der Waals surface area contributed by atoms with Crippen molar-refractivity contribution >= 4 is 43.6 Å². The van der Waals surface area contributed by atoms with Crippen molar-refractivity contribution in [1.82, 2.24) is 9.13 Å². The van der Waals surface area contributed by atoms with Crippen LogP contribution in [0.4, 0.5) is 13.2 Å². The Labute approximate surface area is 461 Å². The Morgan fingerprint density at radius 1 is 0.312 bits per heavy atom. The van der Waals surface area contributed by atoms with Gasteiger partial charge in [0.1, 0.15) is 0 Å². The molecule has 0 aliphatic carbocycles. The van der Waals surface area contributed by atoms with Crippen LogP contribution in [0.5, 0.6) is 0 Å². The van der Waals surface area contributed by atoms with Crippen LogP contribution >= 0.6 is 0 Å². The normalized spacial score (nSPS) is 11.7. The van der Waals surface area contributed by atoms with Crippen molar-refractivity contribution in [2.24, 2.45) is 0 Å². The van der Waals surface area contributed by atoms with Crippen LogP contribution in [-0.4, -0.2) is 9.13 Å². The summed E-state index contributed by atoms with van der Waals surface area (Å²) < 4.78 is 50.3. The van der Waals surface area contributed by atoms with Gasteiger partial charge in [0.2, 0.25) is 0 Å². The summed E-state index contributed by atoms with van der Waals surface area (Å²) >= 11 is 0. The molecule has 0 aliphatic heterocycles. The molecule has 0 unspecified atom stereocenters. The number of hydrogen-bond donors (Lipinski definition) is 0. The zero-order chi connectivity index (χ0) is 55.0. The highest BCUT2D eigenvalue weighted by atomic mass is 19.4. The minimum atomic E-state index is -4.77. The van der Waals surface area contributed by atoms with Gasteiger partial charge in [-0.05, 0) is 191 Å². The summed E-state index contributed by atoms with van der Waals surface area (Å²) in [5.41, 5.74) is 19.3. The van der Waals surface area contributed by atoms with Gasteiger partial charge >= 0.3 is 6.18 Å². The van der Waals surface area contributed by atoms with Crippen molar-refractivity contribution < 1.29 is 13.2 Å². The van der Waals surface area contributed by atoms with Gasteiger partial charge in [-0.3, -0.25) is 0 Å². The van der Waals surface area contributed by atoms with Gasteiger partial charge in [-0.2, -0.15) is 23.7 Å². The number of alkyl halides is 3. The molecule has 0 bridgehead atoms. The van der Waals surface area contributed by atoms with E-state index >= 15 is 13.2 Å². The number of nitriles is 2. The van der Waals surface area contributed by atoms with Gasteiger partial charge in [0.25, 0.3) is 0 Å². The lowest BCUT2D eigenvalue weighted by molar-refractivity contribution is -0.137. The van der Waals surface area contributed by atoms with E-state index in [-0.39, 0.29) is 11.1 Å². The lowest BCUT2D eigenvalue weighted by Gasteiger charge is -2.21. The number of halogens is 3. The molecule has 0 spiro atoms. The average molecular weight is 1040 g/mol. The van der Waals surface area contributed by atoms with E-state index < -0.39 is 11.7 Å². The molecule has 2 heterocycles. The molecule has 80 heavy (non-hydrogen) atoms. The van der Waals surface area contributed by atoms with E-state index in [9.17, 15) is 10.5 Å². The van der Waals surface area contributed by atoms with Crippen LogP contribution in [0, 0.1) is 50.4 Å². The van der Waals surface area contributed by atoms with Gasteiger partial charge in [-0.1, -0.05) is 140 Å². The zero-order valence-corrected chi connectivity index (χ0v) is 44.3. The van der Waals surface area contributed by atoms with Gasteiger partial charge in [-0.15, -0.1) is 0 Å². The topological polar surface area (TPSA) is 57.4 Å². The van der Waals surface area contributed by atoms with Crippen LogP contribution in [0.2, 0.25) is 0 Å². The maximum Gasteiger partial charge on any atom is 0.417 e. The average Bonchev–Trinajstić information content (AvgIpc) is 4.10. The van der Waals surface area contributed by atoms with Crippen molar-refractivity contribution in [3.63, 3.8) is 0 Å². The fraction of sp³-hybridized carbons (Fsp3) is 0.0685. The number of benzene rings is 11. The Balaban J connectivity index is 1.14. The summed E-state index contributed by atoms with van der Waals surface area (Å²) in [7, 11) is 0. The second kappa shape index (κ2) is 19.4. The summed E-state index contributed by atoms with van der Waals surface area (Å²) in [5, 5.41) is 24.6. The fourth-order valence-electron chi connectivity index (χ4n) is 12.1. The lowest BCUT2D eigenvalue weighted by atomic mass is 9.92. The molecule has 4 nitrogen and oxygen atoms in total. The largest absolute Gasteiger partial charge is 0.417 e. The molecule has 0 N–H and O–H groups in total. The maximum absolute atomic E-state index is 15.3. The molecular formula is C73H49F3N4. The summed E-state index contributed by atoms with van der Waals surface area (Å²) in [6, 6.07) is 78.8. The molecule has 0 saturated carbocycles. The van der Waals surface area contributed by atoms with Gasteiger partial charge in [-0.25, -0.2) is 0 Å². The van der Waals surface area contributed by atoms with Crippen LogP contribution in [0.15, 0.2) is 224 Å². The number of aryl methyl sites for hydroxylation is 4. The maximum atomic E-state index is 15.3. The van der Waals surface area contributed by atoms with Crippen LogP contribution < -0.4 is 0 Å². The lowest BCUT2D eigenvalue weighted by Crippen LogP contribution is -2.08.